The molecule has 0 heterocycles. The van der Waals surface area contributed by atoms with Crippen molar-refractivity contribution in [3.63, 3.8) is 0 Å². The van der Waals surface area contributed by atoms with Gasteiger partial charge in [0.15, 0.2) is 0 Å². The summed E-state index contributed by atoms with van der Waals surface area (Å²) in [5.74, 6) is -0.481. The molecule has 0 spiro atoms. The number of amides is 1. The number of benzene rings is 3. The summed E-state index contributed by atoms with van der Waals surface area (Å²) in [6, 6.07) is 20.6. The van der Waals surface area contributed by atoms with Gasteiger partial charge in [-0.3, -0.25) is 4.79 Å². The number of carboxylic acids is 1. The summed E-state index contributed by atoms with van der Waals surface area (Å²) in [7, 11) is 1.55. The molecule has 4 rings (SSSR count). The number of halogens is 1. The van der Waals surface area contributed by atoms with Gasteiger partial charge in [0.25, 0.3) is 0 Å². The summed E-state index contributed by atoms with van der Waals surface area (Å²) in [4.78, 5) is 24.0. The lowest BCUT2D eigenvalue weighted by molar-refractivity contribution is -0.137. The predicted molar refractivity (Wildman–Crippen MR) is 124 cm³/mol. The minimum atomic E-state index is -1.03. The molecule has 1 aliphatic rings. The molecular weight excluding hydrogens is 474 g/mol. The first kappa shape index (κ1) is 21.9. The molecule has 3 aromatic carbocycles. The first-order valence-electron chi connectivity index (χ1n) is 10.1. The Kier molecular flexibility index (Phi) is 6.46. The maximum atomic E-state index is 12.6. The molecule has 0 saturated carbocycles. The molecule has 7 heteroatoms. The van der Waals surface area contributed by atoms with Gasteiger partial charge in [-0.25, -0.2) is 4.79 Å². The zero-order chi connectivity index (χ0) is 22.7. The molecule has 32 heavy (non-hydrogen) atoms. The summed E-state index contributed by atoms with van der Waals surface area (Å²) < 4.78 is 11.5. The Morgan fingerprint density at radius 2 is 1.66 bits per heavy atom. The van der Waals surface area contributed by atoms with E-state index < -0.39 is 18.1 Å². The van der Waals surface area contributed by atoms with Crippen LogP contribution in [0.2, 0.25) is 0 Å². The first-order chi connectivity index (χ1) is 15.5. The van der Waals surface area contributed by atoms with Crippen molar-refractivity contribution < 1.29 is 24.2 Å². The van der Waals surface area contributed by atoms with Crippen molar-refractivity contribution in [2.24, 2.45) is 0 Å². The SMILES string of the molecule is COc1ccc([C@@H](CC(=O)O)NC(=O)OCC2c3ccccc3-c3ccccc32)cc1Br. The number of fused-ring (bicyclic) bond motifs is 3. The number of rotatable bonds is 7. The first-order valence-corrected chi connectivity index (χ1v) is 10.9. The van der Waals surface area contributed by atoms with E-state index in [-0.39, 0.29) is 18.9 Å². The Morgan fingerprint density at radius 3 is 2.22 bits per heavy atom. The smallest absolute Gasteiger partial charge is 0.407 e. The molecule has 6 nitrogen and oxygen atoms in total. The van der Waals surface area contributed by atoms with Crippen molar-refractivity contribution in [2.45, 2.75) is 18.4 Å². The highest BCUT2D eigenvalue weighted by atomic mass is 79.9. The van der Waals surface area contributed by atoms with Crippen LogP contribution < -0.4 is 10.1 Å². The highest BCUT2D eigenvalue weighted by Crippen LogP contribution is 2.44. The number of nitrogens with one attached hydrogen (secondary N) is 1. The van der Waals surface area contributed by atoms with Crippen molar-refractivity contribution in [2.75, 3.05) is 13.7 Å². The zero-order valence-corrected chi connectivity index (χ0v) is 19.0. The largest absolute Gasteiger partial charge is 0.496 e. The van der Waals surface area contributed by atoms with Crippen molar-refractivity contribution >= 4 is 28.0 Å². The van der Waals surface area contributed by atoms with E-state index in [0.717, 1.165) is 22.3 Å². The Bertz CT molecular complexity index is 1120. The predicted octanol–water partition coefficient (Wildman–Crippen LogP) is 5.51. The average Bonchev–Trinajstić information content (AvgIpc) is 3.10. The van der Waals surface area contributed by atoms with Gasteiger partial charge in [0.05, 0.1) is 24.0 Å². The van der Waals surface area contributed by atoms with Gasteiger partial charge in [0.1, 0.15) is 12.4 Å². The standard InChI is InChI=1S/C25H22BrNO5/c1-31-23-11-10-15(12-21(23)26)22(13-24(28)29)27-25(30)32-14-20-18-8-4-2-6-16(18)17-7-3-5-9-19(17)20/h2-12,20,22H,13-14H2,1H3,(H,27,30)(H,28,29)/t22-/m1/s1. The van der Waals surface area contributed by atoms with E-state index in [1.165, 1.54) is 0 Å². The monoisotopic (exact) mass is 495 g/mol. The lowest BCUT2D eigenvalue weighted by Gasteiger charge is -2.20. The van der Waals surface area contributed by atoms with Gasteiger partial charge in [-0.1, -0.05) is 54.6 Å². The summed E-state index contributed by atoms with van der Waals surface area (Å²) in [5, 5.41) is 12.0. The van der Waals surface area contributed by atoms with Crippen LogP contribution in [-0.4, -0.2) is 30.9 Å². The van der Waals surface area contributed by atoms with Crippen LogP contribution in [0.25, 0.3) is 11.1 Å². The molecule has 0 bridgehead atoms. The van der Waals surface area contributed by atoms with Gasteiger partial charge in [0, 0.05) is 5.92 Å². The lowest BCUT2D eigenvalue weighted by atomic mass is 9.98. The average molecular weight is 496 g/mol. The Morgan fingerprint density at radius 1 is 1.03 bits per heavy atom. The van der Waals surface area contributed by atoms with E-state index in [1.807, 2.05) is 36.4 Å². The summed E-state index contributed by atoms with van der Waals surface area (Å²) in [6.07, 6.45) is -0.937. The molecule has 1 amide bonds. The van der Waals surface area contributed by atoms with Crippen LogP contribution in [0, 0.1) is 0 Å². The Balaban J connectivity index is 1.48. The maximum Gasteiger partial charge on any atom is 0.407 e. The number of hydrogen-bond acceptors (Lipinski definition) is 4. The van der Waals surface area contributed by atoms with Crippen LogP contribution in [0.4, 0.5) is 4.79 Å². The third kappa shape index (κ3) is 4.48. The second-order valence-corrected chi connectivity index (χ2v) is 8.37. The molecule has 3 aromatic rings. The Hall–Kier alpha value is -3.32. The van der Waals surface area contributed by atoms with Crippen LogP contribution in [0.5, 0.6) is 5.75 Å². The summed E-state index contributed by atoms with van der Waals surface area (Å²) in [5.41, 5.74) is 5.15. The van der Waals surface area contributed by atoms with Gasteiger partial charge in [-0.05, 0) is 55.9 Å². The highest BCUT2D eigenvalue weighted by Gasteiger charge is 2.29. The third-order valence-corrected chi connectivity index (χ3v) is 6.21. The Labute approximate surface area is 194 Å². The molecule has 1 atom stereocenters. The minimum Gasteiger partial charge on any atom is -0.496 e. The van der Waals surface area contributed by atoms with Gasteiger partial charge < -0.3 is 19.9 Å². The number of ether oxygens (including phenoxy) is 2. The maximum absolute atomic E-state index is 12.6. The van der Waals surface area contributed by atoms with Gasteiger partial charge in [0.2, 0.25) is 0 Å². The molecule has 0 unspecified atom stereocenters. The number of aliphatic carboxylic acids is 1. The van der Waals surface area contributed by atoms with E-state index >= 15 is 0 Å². The number of methoxy groups -OCH3 is 1. The van der Waals surface area contributed by atoms with E-state index in [1.54, 1.807) is 25.3 Å². The number of hydrogen-bond donors (Lipinski definition) is 2. The molecule has 0 radical (unpaired) electrons. The van der Waals surface area contributed by atoms with Crippen LogP contribution in [-0.2, 0) is 9.53 Å². The molecule has 2 N–H and O–H groups in total. The van der Waals surface area contributed by atoms with E-state index in [9.17, 15) is 14.7 Å². The molecule has 0 aromatic heterocycles. The molecule has 0 fully saturated rings. The zero-order valence-electron chi connectivity index (χ0n) is 17.4. The second kappa shape index (κ2) is 9.44. The fourth-order valence-corrected chi connectivity index (χ4v) is 4.67. The molecular formula is C25H22BrNO5. The van der Waals surface area contributed by atoms with Crippen LogP contribution in [0.1, 0.15) is 35.1 Å². The van der Waals surface area contributed by atoms with Crippen LogP contribution in [0.15, 0.2) is 71.2 Å². The highest BCUT2D eigenvalue weighted by molar-refractivity contribution is 9.10. The second-order valence-electron chi connectivity index (χ2n) is 7.51. The van der Waals surface area contributed by atoms with Crippen molar-refractivity contribution in [1.82, 2.24) is 5.32 Å². The number of carbonyl (C=O) groups excluding carboxylic acids is 1. The topological polar surface area (TPSA) is 84.9 Å². The summed E-state index contributed by atoms with van der Waals surface area (Å²) >= 11 is 3.40. The molecule has 1 aliphatic carbocycles. The number of carboxylic acid groups (broad SMARTS) is 1. The fraction of sp³-hybridized carbons (Fsp3) is 0.200. The van der Waals surface area contributed by atoms with Crippen LogP contribution in [0.3, 0.4) is 0 Å². The third-order valence-electron chi connectivity index (χ3n) is 5.59. The fourth-order valence-electron chi connectivity index (χ4n) is 4.11. The minimum absolute atomic E-state index is 0.0683. The van der Waals surface area contributed by atoms with Crippen molar-refractivity contribution in [3.8, 4) is 16.9 Å². The number of alkyl carbamates (subject to hydrolysis) is 1. The quantitative estimate of drug-likeness (QED) is 0.451. The van der Waals surface area contributed by atoms with Crippen molar-refractivity contribution in [3.05, 3.63) is 87.9 Å². The van der Waals surface area contributed by atoms with E-state index in [4.69, 9.17) is 9.47 Å². The molecule has 164 valence electrons. The molecule has 0 aliphatic heterocycles. The van der Waals surface area contributed by atoms with Crippen LogP contribution >= 0.6 is 15.9 Å². The summed E-state index contributed by atoms with van der Waals surface area (Å²) in [6.45, 7) is 0.159. The molecule has 0 saturated heterocycles. The lowest BCUT2D eigenvalue weighted by Crippen LogP contribution is -2.31. The van der Waals surface area contributed by atoms with E-state index in [2.05, 4.69) is 33.4 Å². The van der Waals surface area contributed by atoms with Crippen molar-refractivity contribution in [1.29, 1.82) is 0 Å². The van der Waals surface area contributed by atoms with Gasteiger partial charge in [-0.15, -0.1) is 0 Å². The van der Waals surface area contributed by atoms with E-state index in [0.29, 0.717) is 15.8 Å². The number of carbonyl (C=O) groups is 2. The van der Waals surface area contributed by atoms with Gasteiger partial charge in [-0.2, -0.15) is 0 Å². The normalized spacial score (nSPS) is 13.1. The van der Waals surface area contributed by atoms with Gasteiger partial charge >= 0.3 is 12.1 Å².